The van der Waals surface area contributed by atoms with Crippen LogP contribution in [0.15, 0.2) is 182 Å². The molecule has 0 spiro atoms. The Morgan fingerprint density at radius 3 is 1.66 bits per heavy atom. The average Bonchev–Trinajstić information content (AvgIpc) is 3.45. The maximum absolute atomic E-state index is 5.16. The van der Waals surface area contributed by atoms with E-state index in [1.165, 1.54) is 54.9 Å². The minimum Gasteiger partial charge on any atom is -0.228 e. The first-order valence-electron chi connectivity index (χ1n) is 18.3. The fraction of sp³-hybridized carbons (Fsp3) is 0.0588. The van der Waals surface area contributed by atoms with Crippen molar-refractivity contribution >= 4 is 21.5 Å². The van der Waals surface area contributed by atoms with Gasteiger partial charge in [0.1, 0.15) is 0 Å². The minimum atomic E-state index is -0.0763. The Hall–Kier alpha value is -6.64. The van der Waals surface area contributed by atoms with Crippen molar-refractivity contribution in [2.24, 2.45) is 0 Å². The van der Waals surface area contributed by atoms with Gasteiger partial charge in [-0.15, -0.1) is 0 Å². The van der Waals surface area contributed by atoms with Crippen LogP contribution in [0.1, 0.15) is 25.0 Å². The Morgan fingerprint density at radius 1 is 0.340 bits per heavy atom. The highest BCUT2D eigenvalue weighted by Crippen LogP contribution is 2.53. The smallest absolute Gasteiger partial charge is 0.160 e. The highest BCUT2D eigenvalue weighted by molar-refractivity contribution is 6.00. The molecule has 250 valence electrons. The van der Waals surface area contributed by atoms with Crippen LogP contribution in [-0.4, -0.2) is 9.97 Å². The van der Waals surface area contributed by atoms with E-state index in [0.717, 1.165) is 39.2 Å². The molecule has 0 saturated carbocycles. The Kier molecular flexibility index (Phi) is 7.19. The molecular formula is C51H36N2. The molecule has 0 fully saturated rings. The lowest BCUT2D eigenvalue weighted by atomic mass is 9.81. The number of benzene rings is 8. The highest BCUT2D eigenvalue weighted by atomic mass is 14.9. The third kappa shape index (κ3) is 5.26. The van der Waals surface area contributed by atoms with Crippen LogP contribution < -0.4 is 0 Å². The zero-order chi connectivity index (χ0) is 35.5. The summed E-state index contributed by atoms with van der Waals surface area (Å²) in [6.07, 6.45) is 0. The lowest BCUT2D eigenvalue weighted by Gasteiger charge is -2.22. The molecule has 0 saturated heterocycles. The molecule has 0 bridgehead atoms. The molecule has 53 heavy (non-hydrogen) atoms. The van der Waals surface area contributed by atoms with Crippen molar-refractivity contribution in [1.82, 2.24) is 9.97 Å². The van der Waals surface area contributed by atoms with Crippen LogP contribution in [0.3, 0.4) is 0 Å². The van der Waals surface area contributed by atoms with Gasteiger partial charge in [-0.2, -0.15) is 0 Å². The topological polar surface area (TPSA) is 25.8 Å². The van der Waals surface area contributed by atoms with Gasteiger partial charge in [0.25, 0.3) is 0 Å². The minimum absolute atomic E-state index is 0.0763. The van der Waals surface area contributed by atoms with E-state index >= 15 is 0 Å². The molecule has 1 aliphatic rings. The first-order chi connectivity index (χ1) is 26.0. The normalized spacial score (nSPS) is 12.9. The Bertz CT molecular complexity index is 2850. The maximum atomic E-state index is 5.16. The Morgan fingerprint density at radius 2 is 0.906 bits per heavy atom. The SMILES string of the molecule is CC1(C)c2cc3ccccc3cc2-c2c(-c3ccc4cc(-c5cc(-c6ccccc6-c6ccccc6)nc(-c6ccccc6)n5)ccc4c3)cccc21. The molecule has 0 aliphatic heterocycles. The average molecular weight is 677 g/mol. The summed E-state index contributed by atoms with van der Waals surface area (Å²) in [4.78, 5) is 10.3. The van der Waals surface area contributed by atoms with E-state index in [2.05, 4.69) is 178 Å². The highest BCUT2D eigenvalue weighted by Gasteiger charge is 2.37. The van der Waals surface area contributed by atoms with Gasteiger partial charge in [0, 0.05) is 22.1 Å². The van der Waals surface area contributed by atoms with Gasteiger partial charge < -0.3 is 0 Å². The van der Waals surface area contributed by atoms with Gasteiger partial charge in [-0.25, -0.2) is 9.97 Å². The number of nitrogens with zero attached hydrogens (tertiary/aromatic N) is 2. The molecule has 2 nitrogen and oxygen atoms in total. The van der Waals surface area contributed by atoms with E-state index in [4.69, 9.17) is 9.97 Å². The number of hydrogen-bond acceptors (Lipinski definition) is 2. The standard InChI is InChI=1S/C51H36N2/c1-51(2)45-23-13-22-42(49(45)44-30-35-18-9-10-19-36(35)31-46(44)51)39-26-24-38-29-40(27-25-37(38)28-39)47-32-48(53-50(52-47)34-16-7-4-8-17-34)43-21-12-11-20-41(43)33-14-5-3-6-15-33/h3-32H,1-2H3. The molecule has 8 aromatic carbocycles. The molecule has 0 N–H and O–H groups in total. The molecular weight excluding hydrogens is 641 g/mol. The third-order valence-electron chi connectivity index (χ3n) is 11.1. The van der Waals surface area contributed by atoms with E-state index in [0.29, 0.717) is 5.82 Å². The van der Waals surface area contributed by atoms with Crippen LogP contribution in [0, 0.1) is 0 Å². The first kappa shape index (κ1) is 31.1. The lowest BCUT2D eigenvalue weighted by Crippen LogP contribution is -2.14. The van der Waals surface area contributed by atoms with Gasteiger partial charge in [0.15, 0.2) is 5.82 Å². The first-order valence-corrected chi connectivity index (χ1v) is 18.3. The number of aromatic nitrogens is 2. The number of hydrogen-bond donors (Lipinski definition) is 0. The van der Waals surface area contributed by atoms with Crippen LogP contribution in [0.5, 0.6) is 0 Å². The van der Waals surface area contributed by atoms with Gasteiger partial charge in [-0.3, -0.25) is 0 Å². The summed E-state index contributed by atoms with van der Waals surface area (Å²) >= 11 is 0. The van der Waals surface area contributed by atoms with Gasteiger partial charge >= 0.3 is 0 Å². The summed E-state index contributed by atoms with van der Waals surface area (Å²) in [7, 11) is 0. The van der Waals surface area contributed by atoms with Crippen LogP contribution in [-0.2, 0) is 5.41 Å². The van der Waals surface area contributed by atoms with Crippen LogP contribution in [0.4, 0.5) is 0 Å². The molecule has 2 heteroatoms. The van der Waals surface area contributed by atoms with E-state index < -0.39 is 0 Å². The molecule has 10 rings (SSSR count). The summed E-state index contributed by atoms with van der Waals surface area (Å²) in [6.45, 7) is 4.72. The third-order valence-corrected chi connectivity index (χ3v) is 11.1. The van der Waals surface area contributed by atoms with Crippen molar-refractivity contribution in [3.63, 3.8) is 0 Å². The maximum Gasteiger partial charge on any atom is 0.160 e. The van der Waals surface area contributed by atoms with Gasteiger partial charge in [0.05, 0.1) is 11.4 Å². The largest absolute Gasteiger partial charge is 0.228 e. The zero-order valence-corrected chi connectivity index (χ0v) is 29.7. The molecule has 1 aromatic heterocycles. The van der Waals surface area contributed by atoms with Crippen molar-refractivity contribution in [2.75, 3.05) is 0 Å². The van der Waals surface area contributed by atoms with Gasteiger partial charge in [-0.1, -0.05) is 166 Å². The molecule has 0 amide bonds. The summed E-state index contributed by atoms with van der Waals surface area (Å²) in [5, 5.41) is 4.95. The fourth-order valence-electron chi connectivity index (χ4n) is 8.31. The van der Waals surface area contributed by atoms with Crippen molar-refractivity contribution < 1.29 is 0 Å². The second-order valence-electron chi connectivity index (χ2n) is 14.6. The van der Waals surface area contributed by atoms with Crippen molar-refractivity contribution in [3.05, 3.63) is 193 Å². The lowest BCUT2D eigenvalue weighted by molar-refractivity contribution is 0.661. The van der Waals surface area contributed by atoms with Gasteiger partial charge in [-0.05, 0) is 96.4 Å². The number of fused-ring (bicyclic) bond motifs is 5. The van der Waals surface area contributed by atoms with Gasteiger partial charge in [0.2, 0.25) is 0 Å². The summed E-state index contributed by atoms with van der Waals surface area (Å²) < 4.78 is 0. The second-order valence-corrected chi connectivity index (χ2v) is 14.6. The molecule has 0 unspecified atom stereocenters. The van der Waals surface area contributed by atoms with Crippen molar-refractivity contribution in [3.8, 4) is 67.3 Å². The van der Waals surface area contributed by atoms with Crippen molar-refractivity contribution in [2.45, 2.75) is 19.3 Å². The van der Waals surface area contributed by atoms with Crippen LogP contribution >= 0.6 is 0 Å². The molecule has 1 heterocycles. The zero-order valence-electron chi connectivity index (χ0n) is 29.7. The number of rotatable bonds is 5. The Labute approximate surface area is 310 Å². The summed E-state index contributed by atoms with van der Waals surface area (Å²) in [6, 6.07) is 65.4. The van der Waals surface area contributed by atoms with Crippen LogP contribution in [0.25, 0.3) is 88.8 Å². The molecule has 0 radical (unpaired) electrons. The molecule has 9 aromatic rings. The second kappa shape index (κ2) is 12.3. The molecule has 0 atom stereocenters. The predicted octanol–water partition coefficient (Wildman–Crippen LogP) is 13.4. The van der Waals surface area contributed by atoms with E-state index in [9.17, 15) is 0 Å². The monoisotopic (exact) mass is 676 g/mol. The van der Waals surface area contributed by atoms with E-state index in [1.54, 1.807) is 0 Å². The quantitative estimate of drug-likeness (QED) is 0.181. The van der Waals surface area contributed by atoms with E-state index in [1.807, 2.05) is 18.2 Å². The Balaban J connectivity index is 1.09. The van der Waals surface area contributed by atoms with E-state index in [-0.39, 0.29) is 5.41 Å². The fourth-order valence-corrected chi connectivity index (χ4v) is 8.31. The predicted molar refractivity (Wildman–Crippen MR) is 222 cm³/mol. The summed E-state index contributed by atoms with van der Waals surface area (Å²) in [5.74, 6) is 0.713. The summed E-state index contributed by atoms with van der Waals surface area (Å²) in [5.41, 5.74) is 15.2. The van der Waals surface area contributed by atoms with Crippen LogP contribution in [0.2, 0.25) is 0 Å². The molecule has 1 aliphatic carbocycles. The van der Waals surface area contributed by atoms with Crippen molar-refractivity contribution in [1.29, 1.82) is 0 Å².